The molecule has 2 aromatic carbocycles. The van der Waals surface area contributed by atoms with Gasteiger partial charge >= 0.3 is 0 Å². The lowest BCUT2D eigenvalue weighted by Gasteiger charge is -2.15. The third-order valence-electron chi connectivity index (χ3n) is 3.35. The van der Waals surface area contributed by atoms with Crippen LogP contribution in [-0.4, -0.2) is 32.6 Å². The van der Waals surface area contributed by atoms with Crippen molar-refractivity contribution in [2.75, 3.05) is 6.26 Å². The summed E-state index contributed by atoms with van der Waals surface area (Å²) in [7, 11) is -3.36. The minimum Gasteiger partial charge on any atom is -0.478 e. The summed E-state index contributed by atoms with van der Waals surface area (Å²) in [6.45, 7) is 1.40. The number of halogens is 1. The normalized spacial score (nSPS) is 12.1. The Morgan fingerprint density at radius 2 is 1.65 bits per heavy atom. The second-order valence-corrected chi connectivity index (χ2v) is 7.45. The summed E-state index contributed by atoms with van der Waals surface area (Å²) in [4.78, 5) is 24.0. The van der Waals surface area contributed by atoms with Crippen LogP contribution in [0.5, 0.6) is 5.75 Å². The Bertz CT molecular complexity index is 913. The molecule has 138 valence electrons. The molecule has 2 amide bonds. The molecule has 2 N–H and O–H groups in total. The van der Waals surface area contributed by atoms with E-state index in [2.05, 4.69) is 10.9 Å². The molecule has 0 radical (unpaired) electrons. The number of benzene rings is 2. The van der Waals surface area contributed by atoms with Crippen LogP contribution in [0.4, 0.5) is 4.39 Å². The zero-order valence-electron chi connectivity index (χ0n) is 14.0. The van der Waals surface area contributed by atoms with Crippen molar-refractivity contribution >= 4 is 21.7 Å². The number of carbonyl (C=O) groups excluding carboxylic acids is 2. The standard InChI is InChI=1S/C17H17FN2O5S/c1-11(25-15-6-4-3-5-14(15)18)16(21)19-20-17(22)12-7-9-13(10-8-12)26(2,23)24/h3-11H,1-2H3,(H,19,21)(H,20,22). The maximum atomic E-state index is 13.5. The van der Waals surface area contributed by atoms with Gasteiger partial charge in [0, 0.05) is 11.8 Å². The molecule has 0 bridgehead atoms. The van der Waals surface area contributed by atoms with E-state index in [-0.39, 0.29) is 16.2 Å². The van der Waals surface area contributed by atoms with Crippen LogP contribution in [0.15, 0.2) is 53.4 Å². The molecule has 0 fully saturated rings. The van der Waals surface area contributed by atoms with Crippen LogP contribution >= 0.6 is 0 Å². The topological polar surface area (TPSA) is 102 Å². The van der Waals surface area contributed by atoms with Gasteiger partial charge in [-0.25, -0.2) is 12.8 Å². The number of carbonyl (C=O) groups is 2. The van der Waals surface area contributed by atoms with Crippen LogP contribution in [0.1, 0.15) is 17.3 Å². The molecular formula is C17H17FN2O5S. The smallest absolute Gasteiger partial charge is 0.279 e. The van der Waals surface area contributed by atoms with Crippen LogP contribution in [0.3, 0.4) is 0 Å². The van der Waals surface area contributed by atoms with Gasteiger partial charge in [-0.15, -0.1) is 0 Å². The molecular weight excluding hydrogens is 363 g/mol. The number of nitrogens with one attached hydrogen (secondary N) is 2. The van der Waals surface area contributed by atoms with Crippen molar-refractivity contribution in [3.05, 3.63) is 59.9 Å². The number of hydrogen-bond donors (Lipinski definition) is 2. The van der Waals surface area contributed by atoms with Crippen LogP contribution in [0.25, 0.3) is 0 Å². The van der Waals surface area contributed by atoms with Gasteiger partial charge in [0.25, 0.3) is 11.8 Å². The summed E-state index contributed by atoms with van der Waals surface area (Å²) in [5, 5.41) is 0. The summed E-state index contributed by atoms with van der Waals surface area (Å²) in [5.41, 5.74) is 4.49. The molecule has 7 nitrogen and oxygen atoms in total. The molecule has 0 heterocycles. The summed E-state index contributed by atoms with van der Waals surface area (Å²) >= 11 is 0. The highest BCUT2D eigenvalue weighted by molar-refractivity contribution is 7.90. The van der Waals surface area contributed by atoms with Crippen LogP contribution in [0.2, 0.25) is 0 Å². The second-order valence-electron chi connectivity index (χ2n) is 5.43. The molecule has 2 rings (SSSR count). The lowest BCUT2D eigenvalue weighted by Crippen LogP contribution is -2.47. The lowest BCUT2D eigenvalue weighted by atomic mass is 10.2. The van der Waals surface area contributed by atoms with E-state index in [4.69, 9.17) is 4.74 Å². The van der Waals surface area contributed by atoms with E-state index in [9.17, 15) is 22.4 Å². The van der Waals surface area contributed by atoms with Crippen LogP contribution in [0, 0.1) is 5.82 Å². The Balaban J connectivity index is 1.92. The van der Waals surface area contributed by atoms with Crippen LogP contribution < -0.4 is 15.6 Å². The predicted octanol–water partition coefficient (Wildman–Crippen LogP) is 1.46. The molecule has 0 aliphatic heterocycles. The van der Waals surface area contributed by atoms with Gasteiger partial charge in [0.15, 0.2) is 27.5 Å². The molecule has 2 aromatic rings. The molecule has 1 unspecified atom stereocenters. The minimum atomic E-state index is -3.36. The zero-order valence-corrected chi connectivity index (χ0v) is 14.8. The first-order valence-corrected chi connectivity index (χ1v) is 9.39. The minimum absolute atomic E-state index is 0.0741. The maximum absolute atomic E-state index is 13.5. The molecule has 0 spiro atoms. The Morgan fingerprint density at radius 3 is 2.23 bits per heavy atom. The van der Waals surface area contributed by atoms with E-state index in [0.29, 0.717) is 0 Å². The number of hydrogen-bond acceptors (Lipinski definition) is 5. The molecule has 1 atom stereocenters. The Morgan fingerprint density at radius 1 is 1.04 bits per heavy atom. The van der Waals surface area contributed by atoms with Crippen molar-refractivity contribution in [1.82, 2.24) is 10.9 Å². The molecule has 0 aliphatic carbocycles. The monoisotopic (exact) mass is 380 g/mol. The highest BCUT2D eigenvalue weighted by atomic mass is 32.2. The van der Waals surface area contributed by atoms with Gasteiger partial charge in [-0.1, -0.05) is 12.1 Å². The van der Waals surface area contributed by atoms with E-state index in [1.54, 1.807) is 6.07 Å². The Hall–Kier alpha value is -2.94. The number of rotatable bonds is 5. The fourth-order valence-electron chi connectivity index (χ4n) is 1.93. The van der Waals surface area contributed by atoms with E-state index >= 15 is 0 Å². The van der Waals surface area contributed by atoms with Gasteiger partial charge < -0.3 is 4.74 Å². The lowest BCUT2D eigenvalue weighted by molar-refractivity contribution is -0.128. The first-order chi connectivity index (χ1) is 12.2. The van der Waals surface area contributed by atoms with Crippen LogP contribution in [-0.2, 0) is 14.6 Å². The van der Waals surface area contributed by atoms with Gasteiger partial charge in [0.1, 0.15) is 0 Å². The predicted molar refractivity (Wildman–Crippen MR) is 91.7 cm³/mol. The van der Waals surface area contributed by atoms with Crippen molar-refractivity contribution < 1.29 is 27.1 Å². The van der Waals surface area contributed by atoms with Gasteiger partial charge in [-0.2, -0.15) is 0 Å². The summed E-state index contributed by atoms with van der Waals surface area (Å²) in [6, 6.07) is 10.8. The van der Waals surface area contributed by atoms with Crippen molar-refractivity contribution in [2.45, 2.75) is 17.9 Å². The average Bonchev–Trinajstić information content (AvgIpc) is 2.60. The number of ether oxygens (including phenoxy) is 1. The van der Waals surface area contributed by atoms with Crippen molar-refractivity contribution in [3.63, 3.8) is 0 Å². The highest BCUT2D eigenvalue weighted by Crippen LogP contribution is 2.17. The van der Waals surface area contributed by atoms with Gasteiger partial charge in [0.2, 0.25) is 0 Å². The average molecular weight is 380 g/mol. The fraction of sp³-hybridized carbons (Fsp3) is 0.176. The highest BCUT2D eigenvalue weighted by Gasteiger charge is 2.17. The van der Waals surface area contributed by atoms with Crippen molar-refractivity contribution in [2.24, 2.45) is 0 Å². The number of amides is 2. The van der Waals surface area contributed by atoms with Gasteiger partial charge in [0.05, 0.1) is 4.90 Å². The molecule has 26 heavy (non-hydrogen) atoms. The van der Waals surface area contributed by atoms with E-state index < -0.39 is 33.6 Å². The Labute approximate surface area is 150 Å². The summed E-state index contributed by atoms with van der Waals surface area (Å²) in [6.07, 6.45) is -0.000910. The maximum Gasteiger partial charge on any atom is 0.279 e. The quantitative estimate of drug-likeness (QED) is 0.765. The first kappa shape index (κ1) is 19.4. The third kappa shape index (κ3) is 5.03. The van der Waals surface area contributed by atoms with E-state index in [1.165, 1.54) is 49.4 Å². The summed E-state index contributed by atoms with van der Waals surface area (Å²) in [5.74, 6) is -2.02. The molecule has 0 aliphatic rings. The van der Waals surface area contributed by atoms with Crippen molar-refractivity contribution in [1.29, 1.82) is 0 Å². The fourth-order valence-corrected chi connectivity index (χ4v) is 2.56. The molecule has 0 saturated heterocycles. The number of sulfone groups is 1. The SMILES string of the molecule is CC(Oc1ccccc1F)C(=O)NNC(=O)c1ccc(S(C)(=O)=O)cc1. The first-order valence-electron chi connectivity index (χ1n) is 7.50. The largest absolute Gasteiger partial charge is 0.478 e. The Kier molecular flexibility index (Phi) is 5.93. The zero-order chi connectivity index (χ0) is 19.3. The molecule has 0 saturated carbocycles. The second kappa shape index (κ2) is 7.96. The molecule has 0 aromatic heterocycles. The summed E-state index contributed by atoms with van der Waals surface area (Å²) < 4.78 is 41.4. The van der Waals surface area contributed by atoms with E-state index in [0.717, 1.165) is 6.26 Å². The van der Waals surface area contributed by atoms with Gasteiger partial charge in [-0.05, 0) is 43.3 Å². The van der Waals surface area contributed by atoms with Gasteiger partial charge in [-0.3, -0.25) is 20.4 Å². The number of para-hydroxylation sites is 1. The third-order valence-corrected chi connectivity index (χ3v) is 4.48. The molecule has 9 heteroatoms. The van der Waals surface area contributed by atoms with Crippen molar-refractivity contribution in [3.8, 4) is 5.75 Å². The number of hydrazine groups is 1. The van der Waals surface area contributed by atoms with E-state index in [1.807, 2.05) is 0 Å².